The van der Waals surface area contributed by atoms with Gasteiger partial charge in [-0.25, -0.2) is 4.98 Å². The lowest BCUT2D eigenvalue weighted by Gasteiger charge is -2.34. The molecule has 0 aliphatic carbocycles. The zero-order chi connectivity index (χ0) is 21.3. The zero-order valence-corrected chi connectivity index (χ0v) is 17.4. The Bertz CT molecular complexity index is 813. The predicted molar refractivity (Wildman–Crippen MR) is 115 cm³/mol. The first kappa shape index (κ1) is 22.0. The molecule has 0 saturated carbocycles. The van der Waals surface area contributed by atoms with Crippen molar-refractivity contribution < 1.29 is 19.1 Å². The van der Waals surface area contributed by atoms with Gasteiger partial charge in [0.1, 0.15) is 12.0 Å². The molecule has 1 aromatic carbocycles. The number of amides is 1. The summed E-state index contributed by atoms with van der Waals surface area (Å²) in [7, 11) is 1.60. The van der Waals surface area contributed by atoms with Crippen LogP contribution in [0.5, 0.6) is 5.75 Å². The molecule has 8 heteroatoms. The van der Waals surface area contributed by atoms with Gasteiger partial charge in [0.05, 0.1) is 19.8 Å². The Morgan fingerprint density at radius 2 is 2.00 bits per heavy atom. The summed E-state index contributed by atoms with van der Waals surface area (Å²) in [6, 6.07) is 7.10. The van der Waals surface area contributed by atoms with E-state index in [1.165, 1.54) is 6.26 Å². The SMILES string of the molecule is C=CCC[C@H](O)CN1CCN(Cc2nc(C(=O)Nc3ccc(OC)cc3)co2)CC1. The number of benzene rings is 1. The molecule has 1 aliphatic heterocycles. The number of aliphatic hydroxyl groups is 1. The Labute approximate surface area is 177 Å². The Morgan fingerprint density at radius 3 is 2.67 bits per heavy atom. The number of oxazole rings is 1. The number of carbonyl (C=O) groups is 1. The highest BCUT2D eigenvalue weighted by molar-refractivity contribution is 6.02. The lowest BCUT2D eigenvalue weighted by Crippen LogP contribution is -2.48. The summed E-state index contributed by atoms with van der Waals surface area (Å²) >= 11 is 0. The van der Waals surface area contributed by atoms with Crippen LogP contribution in [0.3, 0.4) is 0 Å². The fraction of sp³-hybridized carbons (Fsp3) is 0.455. The van der Waals surface area contributed by atoms with Gasteiger partial charge in [-0.2, -0.15) is 0 Å². The van der Waals surface area contributed by atoms with E-state index in [2.05, 4.69) is 26.7 Å². The van der Waals surface area contributed by atoms with Crippen LogP contribution < -0.4 is 10.1 Å². The van der Waals surface area contributed by atoms with Gasteiger partial charge < -0.3 is 19.6 Å². The molecule has 1 fully saturated rings. The number of ether oxygens (including phenoxy) is 1. The van der Waals surface area contributed by atoms with Gasteiger partial charge in [-0.05, 0) is 37.1 Å². The molecule has 3 rings (SSSR count). The smallest absolute Gasteiger partial charge is 0.277 e. The first-order chi connectivity index (χ1) is 14.6. The number of anilines is 1. The molecule has 2 aromatic rings. The largest absolute Gasteiger partial charge is 0.497 e. The number of aliphatic hydroxyl groups excluding tert-OH is 1. The molecule has 1 aromatic heterocycles. The number of nitrogens with one attached hydrogen (secondary N) is 1. The molecule has 2 heterocycles. The highest BCUT2D eigenvalue weighted by Crippen LogP contribution is 2.16. The lowest BCUT2D eigenvalue weighted by atomic mass is 10.1. The number of hydrogen-bond donors (Lipinski definition) is 2. The summed E-state index contributed by atoms with van der Waals surface area (Å²) in [4.78, 5) is 21.2. The van der Waals surface area contributed by atoms with Crippen molar-refractivity contribution in [1.29, 1.82) is 0 Å². The summed E-state index contributed by atoms with van der Waals surface area (Å²) in [6.45, 7) is 8.44. The topological polar surface area (TPSA) is 91.1 Å². The molecule has 0 bridgehead atoms. The highest BCUT2D eigenvalue weighted by Gasteiger charge is 2.21. The van der Waals surface area contributed by atoms with Gasteiger partial charge in [0.25, 0.3) is 5.91 Å². The maximum atomic E-state index is 12.4. The maximum Gasteiger partial charge on any atom is 0.277 e. The summed E-state index contributed by atoms with van der Waals surface area (Å²) in [6.07, 6.45) is 4.50. The van der Waals surface area contributed by atoms with Gasteiger partial charge in [0, 0.05) is 38.4 Å². The molecule has 1 amide bonds. The summed E-state index contributed by atoms with van der Waals surface area (Å²) in [5.74, 6) is 0.936. The molecule has 0 spiro atoms. The summed E-state index contributed by atoms with van der Waals surface area (Å²) in [5.41, 5.74) is 0.918. The van der Waals surface area contributed by atoms with E-state index in [9.17, 15) is 9.90 Å². The first-order valence-electron chi connectivity index (χ1n) is 10.2. The van der Waals surface area contributed by atoms with Crippen LogP contribution in [0.4, 0.5) is 5.69 Å². The number of β-amino-alcohol motifs (C(OH)–C–C–N with tert-alkyl or cyclic N) is 1. The average Bonchev–Trinajstić information content (AvgIpc) is 3.23. The molecule has 30 heavy (non-hydrogen) atoms. The monoisotopic (exact) mass is 414 g/mol. The van der Waals surface area contributed by atoms with E-state index >= 15 is 0 Å². The van der Waals surface area contributed by atoms with E-state index in [4.69, 9.17) is 9.15 Å². The van der Waals surface area contributed by atoms with Crippen molar-refractivity contribution in [1.82, 2.24) is 14.8 Å². The number of rotatable bonds is 10. The van der Waals surface area contributed by atoms with Gasteiger partial charge in [-0.1, -0.05) is 6.08 Å². The van der Waals surface area contributed by atoms with Crippen LogP contribution in [0.2, 0.25) is 0 Å². The van der Waals surface area contributed by atoms with Crippen molar-refractivity contribution in [3.8, 4) is 5.75 Å². The number of hydrogen-bond acceptors (Lipinski definition) is 7. The number of allylic oxidation sites excluding steroid dienone is 1. The highest BCUT2D eigenvalue weighted by atomic mass is 16.5. The Hall–Kier alpha value is -2.68. The van der Waals surface area contributed by atoms with Crippen molar-refractivity contribution in [3.63, 3.8) is 0 Å². The van der Waals surface area contributed by atoms with Gasteiger partial charge in [0.2, 0.25) is 5.89 Å². The van der Waals surface area contributed by atoms with Crippen LogP contribution in [-0.2, 0) is 6.54 Å². The van der Waals surface area contributed by atoms with E-state index in [1.807, 2.05) is 6.08 Å². The van der Waals surface area contributed by atoms with E-state index in [-0.39, 0.29) is 17.7 Å². The van der Waals surface area contributed by atoms with Crippen molar-refractivity contribution >= 4 is 11.6 Å². The van der Waals surface area contributed by atoms with Crippen molar-refractivity contribution in [2.45, 2.75) is 25.5 Å². The third-order valence-corrected chi connectivity index (χ3v) is 5.13. The minimum absolute atomic E-state index is 0.254. The second-order valence-electron chi connectivity index (χ2n) is 7.41. The zero-order valence-electron chi connectivity index (χ0n) is 17.4. The maximum absolute atomic E-state index is 12.4. The second-order valence-corrected chi connectivity index (χ2v) is 7.41. The first-order valence-corrected chi connectivity index (χ1v) is 10.2. The summed E-state index contributed by atoms with van der Waals surface area (Å²) in [5, 5.41) is 12.8. The van der Waals surface area contributed by atoms with E-state index in [0.29, 0.717) is 24.7 Å². The van der Waals surface area contributed by atoms with Crippen LogP contribution in [0.25, 0.3) is 0 Å². The third-order valence-electron chi connectivity index (χ3n) is 5.13. The Morgan fingerprint density at radius 1 is 1.30 bits per heavy atom. The van der Waals surface area contributed by atoms with Crippen LogP contribution in [-0.4, -0.2) is 71.7 Å². The van der Waals surface area contributed by atoms with Crippen LogP contribution in [0.15, 0.2) is 47.6 Å². The molecule has 8 nitrogen and oxygen atoms in total. The van der Waals surface area contributed by atoms with Gasteiger partial charge >= 0.3 is 0 Å². The quantitative estimate of drug-likeness (QED) is 0.577. The Kier molecular flexibility index (Phi) is 8.01. The lowest BCUT2D eigenvalue weighted by molar-refractivity contribution is 0.0642. The molecule has 0 radical (unpaired) electrons. The molecule has 0 unspecified atom stereocenters. The third kappa shape index (κ3) is 6.41. The van der Waals surface area contributed by atoms with Gasteiger partial charge in [-0.15, -0.1) is 6.58 Å². The van der Waals surface area contributed by atoms with E-state index in [0.717, 1.165) is 44.8 Å². The van der Waals surface area contributed by atoms with Crippen molar-refractivity contribution in [3.05, 3.63) is 54.8 Å². The number of methoxy groups -OCH3 is 1. The van der Waals surface area contributed by atoms with Crippen LogP contribution >= 0.6 is 0 Å². The Balaban J connectivity index is 1.44. The molecular weight excluding hydrogens is 384 g/mol. The predicted octanol–water partition coefficient (Wildman–Crippen LogP) is 2.38. The number of nitrogens with zero attached hydrogens (tertiary/aromatic N) is 3. The minimum Gasteiger partial charge on any atom is -0.497 e. The molecule has 162 valence electrons. The second kappa shape index (κ2) is 10.9. The van der Waals surface area contributed by atoms with Gasteiger partial charge in [0.15, 0.2) is 5.69 Å². The van der Waals surface area contributed by atoms with E-state index in [1.54, 1.807) is 31.4 Å². The molecule has 2 N–H and O–H groups in total. The van der Waals surface area contributed by atoms with Crippen molar-refractivity contribution in [2.75, 3.05) is 45.2 Å². The normalized spacial score (nSPS) is 16.2. The molecule has 1 atom stereocenters. The molecule has 1 saturated heterocycles. The van der Waals surface area contributed by atoms with Gasteiger partial charge in [-0.3, -0.25) is 14.6 Å². The number of piperazine rings is 1. The number of carbonyl (C=O) groups excluding carboxylic acids is 1. The fourth-order valence-corrected chi connectivity index (χ4v) is 3.38. The average molecular weight is 415 g/mol. The van der Waals surface area contributed by atoms with E-state index < -0.39 is 0 Å². The number of aromatic nitrogens is 1. The minimum atomic E-state index is -0.312. The summed E-state index contributed by atoms with van der Waals surface area (Å²) < 4.78 is 10.6. The molecular formula is C22H30N4O4. The standard InChI is InChI=1S/C22H30N4O4/c1-3-4-5-18(27)14-25-10-12-26(13-11-25)15-21-24-20(16-30-21)22(28)23-17-6-8-19(29-2)9-7-17/h3,6-9,16,18,27H,1,4-5,10-15H2,2H3,(H,23,28)/t18-/m0/s1. The van der Waals surface area contributed by atoms with Crippen LogP contribution in [0, 0.1) is 0 Å². The molecule has 1 aliphatic rings. The fourth-order valence-electron chi connectivity index (χ4n) is 3.38. The van der Waals surface area contributed by atoms with Crippen molar-refractivity contribution in [2.24, 2.45) is 0 Å². The van der Waals surface area contributed by atoms with Crippen LogP contribution in [0.1, 0.15) is 29.2 Å².